The number of nitrogens with one attached hydrogen (secondary N) is 1. The molecule has 0 aliphatic rings. The summed E-state index contributed by atoms with van der Waals surface area (Å²) in [7, 11) is 1.89. The van der Waals surface area contributed by atoms with Crippen LogP contribution in [0.2, 0.25) is 0 Å². The Balaban J connectivity index is 3.58. The van der Waals surface area contributed by atoms with Crippen LogP contribution in [0.4, 0.5) is 0 Å². The zero-order valence-electron chi connectivity index (χ0n) is 8.25. The number of hydrogen-bond donors (Lipinski definition) is 1. The van der Waals surface area contributed by atoms with Gasteiger partial charge in [0.2, 0.25) is 0 Å². The van der Waals surface area contributed by atoms with Gasteiger partial charge in [0.25, 0.3) is 0 Å². The molecule has 0 fully saturated rings. The summed E-state index contributed by atoms with van der Waals surface area (Å²) in [6, 6.07) is 0. The average Bonchev–Trinajstić information content (AvgIpc) is 2.10. The van der Waals surface area contributed by atoms with Crippen LogP contribution in [0.25, 0.3) is 0 Å². The van der Waals surface area contributed by atoms with E-state index in [0.29, 0.717) is 5.92 Å². The quantitative estimate of drug-likeness (QED) is 0.618. The zero-order chi connectivity index (χ0) is 9.23. The van der Waals surface area contributed by atoms with Crippen LogP contribution < -0.4 is 5.32 Å². The van der Waals surface area contributed by atoms with Crippen molar-refractivity contribution >= 4 is 0 Å². The van der Waals surface area contributed by atoms with Crippen LogP contribution in [-0.4, -0.2) is 7.05 Å². The van der Waals surface area contributed by atoms with Crippen molar-refractivity contribution in [1.82, 2.24) is 5.32 Å². The standard InChI is InChI=1S/C11H19N/c1-4-11(2)9-7-5-6-8-10-12-3/h5-12H,4H2,1-3H3/b6-5-,9-7+,10-8+. The molecule has 0 saturated heterocycles. The molecule has 0 bridgehead atoms. The van der Waals surface area contributed by atoms with Gasteiger partial charge in [0.1, 0.15) is 0 Å². The highest BCUT2D eigenvalue weighted by atomic mass is 14.8. The monoisotopic (exact) mass is 165 g/mol. The SMILES string of the molecule is CCC(C)/C=C/C=C\C=C\NC. The van der Waals surface area contributed by atoms with E-state index in [0.717, 1.165) is 0 Å². The molecule has 0 rings (SSSR count). The first-order chi connectivity index (χ1) is 5.81. The number of hydrogen-bond acceptors (Lipinski definition) is 1. The lowest BCUT2D eigenvalue weighted by atomic mass is 10.1. The van der Waals surface area contributed by atoms with E-state index in [1.807, 2.05) is 31.5 Å². The van der Waals surface area contributed by atoms with Crippen molar-refractivity contribution < 1.29 is 0 Å². The molecule has 0 heterocycles. The van der Waals surface area contributed by atoms with Gasteiger partial charge in [-0.3, -0.25) is 0 Å². The van der Waals surface area contributed by atoms with Gasteiger partial charge >= 0.3 is 0 Å². The van der Waals surface area contributed by atoms with Crippen LogP contribution in [0, 0.1) is 5.92 Å². The van der Waals surface area contributed by atoms with E-state index in [2.05, 4.69) is 31.3 Å². The van der Waals surface area contributed by atoms with Gasteiger partial charge in [0.15, 0.2) is 0 Å². The summed E-state index contributed by atoms with van der Waals surface area (Å²) in [6.07, 6.45) is 13.4. The second-order valence-corrected chi connectivity index (χ2v) is 2.80. The maximum absolute atomic E-state index is 2.92. The fourth-order valence-corrected chi connectivity index (χ4v) is 0.670. The summed E-state index contributed by atoms with van der Waals surface area (Å²) in [4.78, 5) is 0. The summed E-state index contributed by atoms with van der Waals surface area (Å²) in [5.41, 5.74) is 0. The van der Waals surface area contributed by atoms with E-state index in [-0.39, 0.29) is 0 Å². The Morgan fingerprint density at radius 3 is 2.42 bits per heavy atom. The molecule has 0 aromatic rings. The van der Waals surface area contributed by atoms with Crippen molar-refractivity contribution in [2.45, 2.75) is 20.3 Å². The molecule has 12 heavy (non-hydrogen) atoms. The van der Waals surface area contributed by atoms with E-state index < -0.39 is 0 Å². The van der Waals surface area contributed by atoms with Crippen LogP contribution in [0.3, 0.4) is 0 Å². The largest absolute Gasteiger partial charge is 0.394 e. The summed E-state index contributed by atoms with van der Waals surface area (Å²) >= 11 is 0. The maximum Gasteiger partial charge on any atom is 0.00277 e. The van der Waals surface area contributed by atoms with Crippen molar-refractivity contribution in [3.05, 3.63) is 36.6 Å². The normalized spacial score (nSPS) is 14.9. The van der Waals surface area contributed by atoms with Gasteiger partial charge in [-0.1, -0.05) is 44.6 Å². The summed E-state index contributed by atoms with van der Waals surface area (Å²) in [5.74, 6) is 0.683. The smallest absolute Gasteiger partial charge is 0.00277 e. The van der Waals surface area contributed by atoms with Gasteiger partial charge in [0, 0.05) is 7.05 Å². The van der Waals surface area contributed by atoms with Gasteiger partial charge in [-0.2, -0.15) is 0 Å². The average molecular weight is 165 g/mol. The van der Waals surface area contributed by atoms with E-state index in [1.54, 1.807) is 0 Å². The molecule has 68 valence electrons. The summed E-state index contributed by atoms with van der Waals surface area (Å²) in [6.45, 7) is 4.41. The van der Waals surface area contributed by atoms with Crippen LogP contribution in [-0.2, 0) is 0 Å². The molecule has 0 amide bonds. The van der Waals surface area contributed by atoms with E-state index in [4.69, 9.17) is 0 Å². The second-order valence-electron chi connectivity index (χ2n) is 2.80. The second kappa shape index (κ2) is 8.12. The van der Waals surface area contributed by atoms with Crippen molar-refractivity contribution in [3.63, 3.8) is 0 Å². The van der Waals surface area contributed by atoms with Crippen molar-refractivity contribution in [2.75, 3.05) is 7.05 Å². The Morgan fingerprint density at radius 2 is 1.83 bits per heavy atom. The molecule has 0 saturated carbocycles. The van der Waals surface area contributed by atoms with Crippen LogP contribution >= 0.6 is 0 Å². The Hall–Kier alpha value is -0.980. The fourth-order valence-electron chi connectivity index (χ4n) is 0.670. The molecule has 1 heteroatoms. The van der Waals surface area contributed by atoms with Crippen LogP contribution in [0.15, 0.2) is 36.6 Å². The summed E-state index contributed by atoms with van der Waals surface area (Å²) in [5, 5.41) is 2.92. The molecule has 0 radical (unpaired) electrons. The van der Waals surface area contributed by atoms with Crippen molar-refractivity contribution in [1.29, 1.82) is 0 Å². The highest BCUT2D eigenvalue weighted by Crippen LogP contribution is 2.01. The maximum atomic E-state index is 2.92. The van der Waals surface area contributed by atoms with Gasteiger partial charge in [0.05, 0.1) is 0 Å². The van der Waals surface area contributed by atoms with Gasteiger partial charge < -0.3 is 5.32 Å². The van der Waals surface area contributed by atoms with E-state index >= 15 is 0 Å². The van der Waals surface area contributed by atoms with Crippen LogP contribution in [0.1, 0.15) is 20.3 Å². The minimum atomic E-state index is 0.683. The molecule has 0 aliphatic heterocycles. The first kappa shape index (κ1) is 11.0. The number of rotatable bonds is 5. The first-order valence-electron chi connectivity index (χ1n) is 4.48. The molecule has 1 N–H and O–H groups in total. The number of allylic oxidation sites excluding steroid dienone is 5. The Kier molecular flexibility index (Phi) is 7.46. The van der Waals surface area contributed by atoms with Crippen molar-refractivity contribution in [2.24, 2.45) is 5.92 Å². The molecule has 0 aliphatic carbocycles. The third-order valence-corrected chi connectivity index (χ3v) is 1.68. The zero-order valence-corrected chi connectivity index (χ0v) is 8.25. The molecular weight excluding hydrogens is 146 g/mol. The highest BCUT2D eigenvalue weighted by Gasteiger charge is 1.86. The highest BCUT2D eigenvalue weighted by molar-refractivity contribution is 5.11. The van der Waals surface area contributed by atoms with Gasteiger partial charge in [-0.15, -0.1) is 0 Å². The topological polar surface area (TPSA) is 12.0 Å². The Labute approximate surface area is 75.9 Å². The lowest BCUT2D eigenvalue weighted by molar-refractivity contribution is 0.698. The van der Waals surface area contributed by atoms with E-state index in [9.17, 15) is 0 Å². The molecule has 1 atom stereocenters. The molecule has 0 aromatic heterocycles. The Bertz CT molecular complexity index is 166. The lowest BCUT2D eigenvalue weighted by Gasteiger charge is -1.96. The minimum absolute atomic E-state index is 0.683. The molecule has 1 unspecified atom stereocenters. The van der Waals surface area contributed by atoms with Gasteiger partial charge in [-0.25, -0.2) is 0 Å². The molecular formula is C11H19N. The van der Waals surface area contributed by atoms with Gasteiger partial charge in [-0.05, 0) is 18.2 Å². The van der Waals surface area contributed by atoms with E-state index in [1.165, 1.54) is 6.42 Å². The van der Waals surface area contributed by atoms with Crippen molar-refractivity contribution in [3.8, 4) is 0 Å². The first-order valence-corrected chi connectivity index (χ1v) is 4.48. The molecule has 0 spiro atoms. The Morgan fingerprint density at radius 1 is 1.17 bits per heavy atom. The lowest BCUT2D eigenvalue weighted by Crippen LogP contribution is -1.89. The third-order valence-electron chi connectivity index (χ3n) is 1.68. The minimum Gasteiger partial charge on any atom is -0.394 e. The third kappa shape index (κ3) is 7.13. The molecule has 1 nitrogen and oxygen atoms in total. The predicted molar refractivity (Wildman–Crippen MR) is 55.9 cm³/mol. The fraction of sp³-hybridized carbons (Fsp3) is 0.455. The van der Waals surface area contributed by atoms with Crippen LogP contribution in [0.5, 0.6) is 0 Å². The molecule has 0 aromatic carbocycles. The summed E-state index contributed by atoms with van der Waals surface area (Å²) < 4.78 is 0. The predicted octanol–water partition coefficient (Wildman–Crippen LogP) is 2.88.